The van der Waals surface area contributed by atoms with Gasteiger partial charge in [0, 0.05) is 25.2 Å². The Hall–Kier alpha value is -2.53. The molecule has 0 atom stereocenters. The van der Waals surface area contributed by atoms with E-state index in [1.165, 1.54) is 5.56 Å². The summed E-state index contributed by atoms with van der Waals surface area (Å²) in [6, 6.07) is 18.0. The lowest BCUT2D eigenvalue weighted by Gasteiger charge is -2.27. The fourth-order valence-electron chi connectivity index (χ4n) is 2.70. The molecule has 0 saturated carbocycles. The number of morpholine rings is 1. The van der Waals surface area contributed by atoms with Gasteiger partial charge in [0.15, 0.2) is 0 Å². The first-order valence-corrected chi connectivity index (χ1v) is 8.67. The second-order valence-electron chi connectivity index (χ2n) is 5.96. The molecule has 1 aliphatic rings. The van der Waals surface area contributed by atoms with Crippen molar-refractivity contribution >= 4 is 11.6 Å². The van der Waals surface area contributed by atoms with Gasteiger partial charge < -0.3 is 19.7 Å². The van der Waals surface area contributed by atoms with Gasteiger partial charge in [-0.15, -0.1) is 0 Å². The van der Waals surface area contributed by atoms with E-state index in [4.69, 9.17) is 9.47 Å². The molecule has 0 aliphatic carbocycles. The van der Waals surface area contributed by atoms with Crippen molar-refractivity contribution in [1.29, 1.82) is 0 Å². The Labute approximate surface area is 148 Å². The van der Waals surface area contributed by atoms with E-state index < -0.39 is 0 Å². The minimum absolute atomic E-state index is 0.103. The van der Waals surface area contributed by atoms with Gasteiger partial charge >= 0.3 is 0 Å². The first-order chi connectivity index (χ1) is 12.3. The average molecular weight is 340 g/mol. The fourth-order valence-corrected chi connectivity index (χ4v) is 2.70. The number of benzene rings is 2. The van der Waals surface area contributed by atoms with Crippen molar-refractivity contribution < 1.29 is 14.3 Å². The molecular formula is C20H24N2O3. The van der Waals surface area contributed by atoms with Crippen LogP contribution in [0.3, 0.4) is 0 Å². The Kier molecular flexibility index (Phi) is 6.29. The third-order valence-corrected chi connectivity index (χ3v) is 4.16. The number of rotatable bonds is 7. The van der Waals surface area contributed by atoms with Gasteiger partial charge in [0.25, 0.3) is 0 Å². The summed E-state index contributed by atoms with van der Waals surface area (Å²) in [4.78, 5) is 13.9. The van der Waals surface area contributed by atoms with Gasteiger partial charge in [-0.25, -0.2) is 0 Å². The highest BCUT2D eigenvalue weighted by Crippen LogP contribution is 2.16. The molecule has 25 heavy (non-hydrogen) atoms. The predicted molar refractivity (Wildman–Crippen MR) is 98.0 cm³/mol. The van der Waals surface area contributed by atoms with Gasteiger partial charge in [-0.3, -0.25) is 4.79 Å². The molecule has 132 valence electrons. The molecular weight excluding hydrogens is 316 g/mol. The molecule has 0 bridgehead atoms. The summed E-state index contributed by atoms with van der Waals surface area (Å²) in [5.74, 6) is 0.937. The van der Waals surface area contributed by atoms with Crippen LogP contribution in [0.4, 0.5) is 5.69 Å². The lowest BCUT2D eigenvalue weighted by molar-refractivity contribution is -0.133. The van der Waals surface area contributed by atoms with Crippen LogP contribution in [0, 0.1) is 0 Å². The quantitative estimate of drug-likeness (QED) is 0.842. The van der Waals surface area contributed by atoms with Crippen LogP contribution >= 0.6 is 0 Å². The Morgan fingerprint density at radius 2 is 1.76 bits per heavy atom. The molecule has 5 nitrogen and oxygen atoms in total. The van der Waals surface area contributed by atoms with Crippen molar-refractivity contribution in [2.75, 3.05) is 44.8 Å². The van der Waals surface area contributed by atoms with Crippen LogP contribution in [0.5, 0.6) is 5.75 Å². The van der Waals surface area contributed by atoms with Gasteiger partial charge in [0.1, 0.15) is 5.75 Å². The van der Waals surface area contributed by atoms with E-state index in [9.17, 15) is 4.79 Å². The van der Waals surface area contributed by atoms with Crippen LogP contribution in [0.2, 0.25) is 0 Å². The number of nitrogens with zero attached hydrogens (tertiary/aromatic N) is 1. The molecule has 0 unspecified atom stereocenters. The predicted octanol–water partition coefficient (Wildman–Crippen LogP) is 2.58. The molecule has 2 aromatic rings. The Morgan fingerprint density at radius 1 is 1.04 bits per heavy atom. The van der Waals surface area contributed by atoms with E-state index in [2.05, 4.69) is 17.4 Å². The summed E-state index contributed by atoms with van der Waals surface area (Å²) in [6.45, 7) is 3.55. The van der Waals surface area contributed by atoms with E-state index in [0.717, 1.165) is 17.9 Å². The molecule has 0 radical (unpaired) electrons. The number of hydrogen-bond donors (Lipinski definition) is 1. The summed E-state index contributed by atoms with van der Waals surface area (Å²) in [5.41, 5.74) is 2.18. The van der Waals surface area contributed by atoms with Crippen LogP contribution in [0.15, 0.2) is 54.6 Å². The zero-order chi connectivity index (χ0) is 17.3. The Morgan fingerprint density at radius 3 is 2.48 bits per heavy atom. The normalized spacial score (nSPS) is 14.2. The van der Waals surface area contributed by atoms with Crippen molar-refractivity contribution in [3.63, 3.8) is 0 Å². The van der Waals surface area contributed by atoms with Crippen molar-refractivity contribution in [3.05, 3.63) is 60.2 Å². The van der Waals surface area contributed by atoms with Gasteiger partial charge in [0.2, 0.25) is 5.91 Å². The molecule has 1 heterocycles. The first kappa shape index (κ1) is 17.3. The number of nitrogens with one attached hydrogen (secondary N) is 1. The summed E-state index contributed by atoms with van der Waals surface area (Å²) in [5, 5.41) is 3.16. The summed E-state index contributed by atoms with van der Waals surface area (Å²) in [7, 11) is 0. The van der Waals surface area contributed by atoms with Gasteiger partial charge in [0.05, 0.1) is 26.4 Å². The zero-order valence-electron chi connectivity index (χ0n) is 14.3. The number of ether oxygens (including phenoxy) is 2. The lowest BCUT2D eigenvalue weighted by atomic mass is 10.2. The zero-order valence-corrected chi connectivity index (χ0v) is 14.3. The number of hydrogen-bond acceptors (Lipinski definition) is 4. The number of amides is 1. The standard InChI is InChI=1S/C20H24N2O3/c23-20(22-11-14-24-15-12-22)16-21-18-6-8-19(9-7-18)25-13-10-17-4-2-1-3-5-17/h1-9,21H,10-16H2. The number of carbonyl (C=O) groups is 1. The second kappa shape index (κ2) is 9.08. The van der Waals surface area contributed by atoms with Gasteiger partial charge in [-0.2, -0.15) is 0 Å². The highest BCUT2D eigenvalue weighted by molar-refractivity contribution is 5.81. The molecule has 2 aromatic carbocycles. The monoisotopic (exact) mass is 340 g/mol. The minimum Gasteiger partial charge on any atom is -0.493 e. The summed E-state index contributed by atoms with van der Waals surface area (Å²) >= 11 is 0. The van der Waals surface area contributed by atoms with Gasteiger partial charge in [-0.1, -0.05) is 30.3 Å². The lowest BCUT2D eigenvalue weighted by Crippen LogP contribution is -2.43. The second-order valence-corrected chi connectivity index (χ2v) is 5.96. The Balaban J connectivity index is 1.40. The third kappa shape index (κ3) is 5.50. The molecule has 1 fully saturated rings. The van der Waals surface area contributed by atoms with E-state index >= 15 is 0 Å². The van der Waals surface area contributed by atoms with E-state index in [1.807, 2.05) is 47.4 Å². The molecule has 5 heteroatoms. The van der Waals surface area contributed by atoms with Crippen LogP contribution < -0.4 is 10.1 Å². The molecule has 1 aliphatic heterocycles. The third-order valence-electron chi connectivity index (χ3n) is 4.16. The molecule has 1 amide bonds. The fraction of sp³-hybridized carbons (Fsp3) is 0.350. The SMILES string of the molecule is O=C(CNc1ccc(OCCc2ccccc2)cc1)N1CCOCC1. The molecule has 0 aromatic heterocycles. The highest BCUT2D eigenvalue weighted by Gasteiger charge is 2.16. The number of anilines is 1. The topological polar surface area (TPSA) is 50.8 Å². The maximum atomic E-state index is 12.1. The smallest absolute Gasteiger partial charge is 0.242 e. The van der Waals surface area contributed by atoms with E-state index in [0.29, 0.717) is 39.5 Å². The Bertz CT molecular complexity index is 652. The summed E-state index contributed by atoms with van der Waals surface area (Å²) in [6.07, 6.45) is 0.884. The van der Waals surface area contributed by atoms with Crippen molar-refractivity contribution in [2.24, 2.45) is 0 Å². The van der Waals surface area contributed by atoms with Crippen LogP contribution in [0.25, 0.3) is 0 Å². The maximum absolute atomic E-state index is 12.1. The maximum Gasteiger partial charge on any atom is 0.242 e. The van der Waals surface area contributed by atoms with Crippen LogP contribution in [-0.4, -0.2) is 50.3 Å². The first-order valence-electron chi connectivity index (χ1n) is 8.67. The van der Waals surface area contributed by atoms with E-state index in [1.54, 1.807) is 0 Å². The molecule has 1 N–H and O–H groups in total. The van der Waals surface area contributed by atoms with Crippen LogP contribution in [0.1, 0.15) is 5.56 Å². The number of carbonyl (C=O) groups excluding carboxylic acids is 1. The van der Waals surface area contributed by atoms with Gasteiger partial charge in [-0.05, 0) is 29.8 Å². The van der Waals surface area contributed by atoms with Crippen molar-refractivity contribution in [3.8, 4) is 5.75 Å². The minimum atomic E-state index is 0.103. The van der Waals surface area contributed by atoms with E-state index in [-0.39, 0.29) is 5.91 Å². The van der Waals surface area contributed by atoms with Crippen LogP contribution in [-0.2, 0) is 16.0 Å². The van der Waals surface area contributed by atoms with Crippen molar-refractivity contribution in [1.82, 2.24) is 4.90 Å². The molecule has 0 spiro atoms. The molecule has 1 saturated heterocycles. The summed E-state index contributed by atoms with van der Waals surface area (Å²) < 4.78 is 11.0. The highest BCUT2D eigenvalue weighted by atomic mass is 16.5. The average Bonchev–Trinajstić information content (AvgIpc) is 2.68. The largest absolute Gasteiger partial charge is 0.493 e. The molecule has 3 rings (SSSR count). The van der Waals surface area contributed by atoms with Crippen molar-refractivity contribution in [2.45, 2.75) is 6.42 Å².